The fourth-order valence-corrected chi connectivity index (χ4v) is 10.9. The van der Waals surface area contributed by atoms with Gasteiger partial charge in [0, 0.05) is 68.7 Å². The number of likely N-dealkylation sites (tertiary alicyclic amines) is 1. The summed E-state index contributed by atoms with van der Waals surface area (Å²) in [4.78, 5) is 12.5. The molecule has 4 heterocycles. The van der Waals surface area contributed by atoms with Gasteiger partial charge in [0.15, 0.2) is 0 Å². The first-order valence-corrected chi connectivity index (χ1v) is 19.5. The zero-order valence-corrected chi connectivity index (χ0v) is 28.8. The third kappa shape index (κ3) is 6.10. The summed E-state index contributed by atoms with van der Waals surface area (Å²) >= 11 is 0. The molecule has 3 fully saturated rings. The van der Waals surface area contributed by atoms with Crippen molar-refractivity contribution in [3.05, 3.63) is 120 Å². The summed E-state index contributed by atoms with van der Waals surface area (Å²) in [6.07, 6.45) is 11.1. The molecule has 1 atom stereocenters. The minimum atomic E-state index is -3.52. The van der Waals surface area contributed by atoms with E-state index >= 15 is 0 Å². The first-order chi connectivity index (χ1) is 23.5. The van der Waals surface area contributed by atoms with E-state index in [1.807, 2.05) is 12.1 Å². The summed E-state index contributed by atoms with van der Waals surface area (Å²) < 4.78 is 26.0. The van der Waals surface area contributed by atoms with Gasteiger partial charge in [0.2, 0.25) is 9.84 Å². The van der Waals surface area contributed by atoms with Crippen molar-refractivity contribution < 1.29 is 8.42 Å². The van der Waals surface area contributed by atoms with Gasteiger partial charge in [-0.3, -0.25) is 9.88 Å². The number of piperidine rings is 1. The fraction of sp³-hybridized carbons (Fsp3) is 0.439. The lowest BCUT2D eigenvalue weighted by Crippen LogP contribution is -2.57. The number of nitrogens with zero attached hydrogens (tertiary/aromatic N) is 4. The minimum Gasteiger partial charge on any atom is -0.371 e. The Morgan fingerprint density at radius 2 is 1.35 bits per heavy atom. The SMILES string of the molecule is O=S(=O)(c1ccncc1)c1ccc(N2CC(CN3CCC(C4(C5CCCC5)CN(Cc5ccccc5)Cc5ccccc54)CC3)C2)cc1. The van der Waals surface area contributed by atoms with E-state index in [1.165, 1.54) is 76.1 Å². The number of fused-ring (bicyclic) bond motifs is 1. The molecule has 1 aromatic heterocycles. The van der Waals surface area contributed by atoms with Crippen molar-refractivity contribution >= 4 is 15.5 Å². The van der Waals surface area contributed by atoms with Crippen LogP contribution in [0.15, 0.2) is 113 Å². The highest BCUT2D eigenvalue weighted by atomic mass is 32.2. The van der Waals surface area contributed by atoms with Crippen LogP contribution in [0.5, 0.6) is 0 Å². The maximum absolute atomic E-state index is 13.0. The zero-order valence-electron chi connectivity index (χ0n) is 28.0. The Morgan fingerprint density at radius 3 is 2.08 bits per heavy atom. The van der Waals surface area contributed by atoms with Gasteiger partial charge in [-0.15, -0.1) is 0 Å². The maximum Gasteiger partial charge on any atom is 0.206 e. The first kappa shape index (κ1) is 31.7. The van der Waals surface area contributed by atoms with Gasteiger partial charge >= 0.3 is 0 Å². The molecule has 0 radical (unpaired) electrons. The highest BCUT2D eigenvalue weighted by Gasteiger charge is 2.51. The smallest absolute Gasteiger partial charge is 0.206 e. The van der Waals surface area contributed by atoms with E-state index in [2.05, 4.69) is 74.3 Å². The second-order valence-corrected chi connectivity index (χ2v) is 16.8. The number of aromatic nitrogens is 1. The molecule has 1 unspecified atom stereocenters. The van der Waals surface area contributed by atoms with Crippen LogP contribution in [0.25, 0.3) is 0 Å². The van der Waals surface area contributed by atoms with Gasteiger partial charge in [0.1, 0.15) is 0 Å². The van der Waals surface area contributed by atoms with Gasteiger partial charge in [-0.2, -0.15) is 0 Å². The number of rotatable bonds is 9. The molecular weight excluding hydrogens is 613 g/mol. The molecule has 7 heteroatoms. The molecular formula is C41H48N4O2S. The highest BCUT2D eigenvalue weighted by molar-refractivity contribution is 7.91. The fourth-order valence-electron chi connectivity index (χ4n) is 9.67. The van der Waals surface area contributed by atoms with Crippen molar-refractivity contribution in [1.29, 1.82) is 0 Å². The Morgan fingerprint density at radius 1 is 0.708 bits per heavy atom. The van der Waals surface area contributed by atoms with Crippen LogP contribution in [0.4, 0.5) is 5.69 Å². The summed E-state index contributed by atoms with van der Waals surface area (Å²) in [6, 6.07) is 31.1. The predicted octanol–water partition coefficient (Wildman–Crippen LogP) is 7.21. The van der Waals surface area contributed by atoms with Crippen molar-refractivity contribution in [2.24, 2.45) is 17.8 Å². The largest absolute Gasteiger partial charge is 0.371 e. The molecule has 0 bridgehead atoms. The topological polar surface area (TPSA) is 56.8 Å². The molecule has 250 valence electrons. The molecule has 4 aliphatic rings. The van der Waals surface area contributed by atoms with Crippen molar-refractivity contribution in [3.8, 4) is 0 Å². The second kappa shape index (κ2) is 13.4. The average Bonchev–Trinajstić information content (AvgIpc) is 3.66. The quantitative estimate of drug-likeness (QED) is 0.189. The molecule has 1 aliphatic carbocycles. The first-order valence-electron chi connectivity index (χ1n) is 18.1. The van der Waals surface area contributed by atoms with Crippen LogP contribution in [0.3, 0.4) is 0 Å². The lowest BCUT2D eigenvalue weighted by molar-refractivity contribution is 0.0316. The van der Waals surface area contributed by atoms with E-state index in [4.69, 9.17) is 0 Å². The van der Waals surface area contributed by atoms with Crippen LogP contribution in [0.1, 0.15) is 55.2 Å². The number of anilines is 1. The molecule has 2 saturated heterocycles. The number of benzene rings is 3. The second-order valence-electron chi connectivity index (χ2n) is 14.8. The van der Waals surface area contributed by atoms with Crippen LogP contribution in [-0.2, 0) is 28.3 Å². The predicted molar refractivity (Wildman–Crippen MR) is 192 cm³/mol. The Balaban J connectivity index is 0.915. The van der Waals surface area contributed by atoms with E-state index in [0.717, 1.165) is 50.2 Å². The number of hydrogen-bond donors (Lipinski definition) is 0. The number of pyridine rings is 1. The molecule has 6 nitrogen and oxygen atoms in total. The molecule has 3 aromatic carbocycles. The molecule has 0 N–H and O–H groups in total. The van der Waals surface area contributed by atoms with Crippen LogP contribution < -0.4 is 4.90 Å². The summed E-state index contributed by atoms with van der Waals surface area (Å²) in [5, 5.41) is 0. The van der Waals surface area contributed by atoms with Gasteiger partial charge in [0.05, 0.1) is 9.79 Å². The minimum absolute atomic E-state index is 0.247. The Bertz CT molecular complexity index is 1780. The zero-order chi connectivity index (χ0) is 32.6. The third-order valence-electron chi connectivity index (χ3n) is 12.0. The van der Waals surface area contributed by atoms with Crippen LogP contribution >= 0.6 is 0 Å². The molecule has 8 rings (SSSR count). The number of sulfone groups is 1. The van der Waals surface area contributed by atoms with Crippen molar-refractivity contribution in [2.75, 3.05) is 44.2 Å². The summed E-state index contributed by atoms with van der Waals surface area (Å²) in [5.41, 5.74) is 6.01. The van der Waals surface area contributed by atoms with Crippen LogP contribution in [-0.4, -0.2) is 62.5 Å². The summed E-state index contributed by atoms with van der Waals surface area (Å²) in [7, 11) is -3.52. The molecule has 3 aliphatic heterocycles. The van der Waals surface area contributed by atoms with E-state index in [-0.39, 0.29) is 10.3 Å². The Labute approximate surface area is 286 Å². The highest BCUT2D eigenvalue weighted by Crippen LogP contribution is 2.53. The number of hydrogen-bond acceptors (Lipinski definition) is 6. The van der Waals surface area contributed by atoms with E-state index < -0.39 is 9.84 Å². The van der Waals surface area contributed by atoms with Crippen molar-refractivity contribution in [3.63, 3.8) is 0 Å². The third-order valence-corrected chi connectivity index (χ3v) is 13.8. The monoisotopic (exact) mass is 660 g/mol. The molecule has 4 aromatic rings. The van der Waals surface area contributed by atoms with E-state index in [1.54, 1.807) is 35.4 Å². The standard InChI is InChI=1S/C41H48N4O2S/c46-48(47,39-18-22-42-23-19-39)38-16-14-37(15-17-38)45-28-33(29-45)27-43-24-20-36(21-25-43)41(35-11-5-6-12-35)31-44(26-32-8-2-1-3-9-32)30-34-10-4-7-13-40(34)41/h1-4,7-10,13-19,22-23,33,35-36H,5-6,11-12,20-21,24-31H2. The lowest BCUT2D eigenvalue weighted by Gasteiger charge is -2.54. The van der Waals surface area contributed by atoms with E-state index in [0.29, 0.717) is 10.8 Å². The molecule has 1 saturated carbocycles. The van der Waals surface area contributed by atoms with Gasteiger partial charge in [-0.25, -0.2) is 8.42 Å². The Kier molecular flexibility index (Phi) is 8.87. The average molecular weight is 661 g/mol. The lowest BCUT2D eigenvalue weighted by atomic mass is 9.57. The maximum atomic E-state index is 13.0. The summed E-state index contributed by atoms with van der Waals surface area (Å²) in [6.45, 7) is 8.88. The van der Waals surface area contributed by atoms with Gasteiger partial charge < -0.3 is 9.80 Å². The van der Waals surface area contributed by atoms with Gasteiger partial charge in [-0.1, -0.05) is 67.4 Å². The van der Waals surface area contributed by atoms with Crippen molar-refractivity contribution in [1.82, 2.24) is 14.8 Å². The van der Waals surface area contributed by atoms with Crippen molar-refractivity contribution in [2.45, 2.75) is 66.8 Å². The summed E-state index contributed by atoms with van der Waals surface area (Å²) in [5.74, 6) is 2.15. The molecule has 48 heavy (non-hydrogen) atoms. The van der Waals surface area contributed by atoms with Gasteiger partial charge in [-0.05, 0) is 104 Å². The molecule has 0 spiro atoms. The van der Waals surface area contributed by atoms with E-state index in [9.17, 15) is 8.42 Å². The Hall–Kier alpha value is -3.52. The van der Waals surface area contributed by atoms with Crippen LogP contribution in [0.2, 0.25) is 0 Å². The van der Waals surface area contributed by atoms with Crippen LogP contribution in [0, 0.1) is 17.8 Å². The molecule has 0 amide bonds. The normalized spacial score (nSPS) is 23.2. The van der Waals surface area contributed by atoms with Gasteiger partial charge in [0.25, 0.3) is 0 Å².